The van der Waals surface area contributed by atoms with E-state index in [0.717, 1.165) is 12.8 Å². The van der Waals surface area contributed by atoms with Crippen LogP contribution in [0.15, 0.2) is 48.8 Å². The normalized spacial score (nSPS) is 10.2. The fourth-order valence-electron chi connectivity index (χ4n) is 1.77. The van der Waals surface area contributed by atoms with Crippen molar-refractivity contribution in [2.75, 3.05) is 6.61 Å². The fraction of sp³-hybridized carbons (Fsp3) is 0.214. The summed E-state index contributed by atoms with van der Waals surface area (Å²) in [6.07, 6.45) is 4.82. The smallest absolute Gasteiger partial charge is 0.490 e. The van der Waals surface area contributed by atoms with Crippen LogP contribution in [-0.4, -0.2) is 28.8 Å². The first-order chi connectivity index (χ1) is 9.25. The summed E-state index contributed by atoms with van der Waals surface area (Å²) in [5.74, 6) is 0.554. The molecule has 0 spiro atoms. The number of ether oxygens (including phenoxy) is 1. The average Bonchev–Trinajstić information content (AvgIpc) is 2.45. The quantitative estimate of drug-likeness (QED) is 0.592. The number of hydrogen-bond donors (Lipinski definition) is 2. The predicted molar refractivity (Wildman–Crippen MR) is 74.3 cm³/mol. The molecule has 1 heterocycles. The molecular formula is C14H16BNO3. The summed E-state index contributed by atoms with van der Waals surface area (Å²) in [6.45, 7) is 0.571. The zero-order valence-corrected chi connectivity index (χ0v) is 10.6. The number of pyridine rings is 1. The van der Waals surface area contributed by atoms with E-state index in [1.54, 1.807) is 12.3 Å². The maximum Gasteiger partial charge on any atom is 0.490 e. The van der Waals surface area contributed by atoms with Crippen LogP contribution in [0.3, 0.4) is 0 Å². The van der Waals surface area contributed by atoms with Crippen LogP contribution >= 0.6 is 0 Å². The molecule has 0 aliphatic rings. The van der Waals surface area contributed by atoms with Gasteiger partial charge in [-0.1, -0.05) is 30.3 Å². The van der Waals surface area contributed by atoms with E-state index in [2.05, 4.69) is 17.1 Å². The number of hydrogen-bond acceptors (Lipinski definition) is 4. The van der Waals surface area contributed by atoms with Gasteiger partial charge in [0.05, 0.1) is 12.8 Å². The zero-order chi connectivity index (χ0) is 13.5. The molecule has 0 aliphatic heterocycles. The van der Waals surface area contributed by atoms with Crippen LogP contribution in [0.4, 0.5) is 0 Å². The minimum absolute atomic E-state index is 0.334. The minimum Gasteiger partial charge on any atom is -0.492 e. The van der Waals surface area contributed by atoms with E-state index in [9.17, 15) is 0 Å². The lowest BCUT2D eigenvalue weighted by molar-refractivity contribution is 0.310. The Labute approximate surface area is 112 Å². The molecule has 0 saturated heterocycles. The first-order valence-electron chi connectivity index (χ1n) is 6.23. The Morgan fingerprint density at radius 2 is 1.89 bits per heavy atom. The van der Waals surface area contributed by atoms with Gasteiger partial charge in [-0.05, 0) is 24.5 Å². The molecule has 0 unspecified atom stereocenters. The summed E-state index contributed by atoms with van der Waals surface area (Å²) in [4.78, 5) is 3.90. The van der Waals surface area contributed by atoms with Gasteiger partial charge in [0.2, 0.25) is 0 Å². The van der Waals surface area contributed by atoms with Crippen LogP contribution < -0.4 is 10.2 Å². The highest BCUT2D eigenvalue weighted by atomic mass is 16.5. The summed E-state index contributed by atoms with van der Waals surface area (Å²) in [7, 11) is -1.51. The zero-order valence-electron chi connectivity index (χ0n) is 10.6. The van der Waals surface area contributed by atoms with Crippen molar-refractivity contribution >= 4 is 12.6 Å². The van der Waals surface area contributed by atoms with Crippen LogP contribution in [-0.2, 0) is 6.42 Å². The molecule has 0 bridgehead atoms. The van der Waals surface area contributed by atoms with Crippen molar-refractivity contribution in [3.8, 4) is 5.75 Å². The van der Waals surface area contributed by atoms with Gasteiger partial charge in [0, 0.05) is 11.7 Å². The highest BCUT2D eigenvalue weighted by molar-refractivity contribution is 6.58. The van der Waals surface area contributed by atoms with Crippen molar-refractivity contribution in [3.63, 3.8) is 0 Å². The Morgan fingerprint density at radius 3 is 2.63 bits per heavy atom. The largest absolute Gasteiger partial charge is 0.492 e. The molecule has 0 atom stereocenters. The molecule has 0 saturated carbocycles. The summed E-state index contributed by atoms with van der Waals surface area (Å²) < 4.78 is 5.53. The van der Waals surface area contributed by atoms with E-state index in [1.807, 2.05) is 18.2 Å². The SMILES string of the molecule is OB(O)c1cncc(OCCCc2ccccc2)c1. The summed E-state index contributed by atoms with van der Waals surface area (Å²) >= 11 is 0. The van der Waals surface area contributed by atoms with Crippen molar-refractivity contribution in [1.29, 1.82) is 0 Å². The molecule has 2 N–H and O–H groups in total. The number of aryl methyl sites for hydroxylation is 1. The first kappa shape index (κ1) is 13.6. The lowest BCUT2D eigenvalue weighted by Gasteiger charge is -2.07. The van der Waals surface area contributed by atoms with Crippen molar-refractivity contribution in [3.05, 3.63) is 54.4 Å². The predicted octanol–water partition coefficient (Wildman–Crippen LogP) is 0.773. The van der Waals surface area contributed by atoms with Crippen LogP contribution in [0, 0.1) is 0 Å². The van der Waals surface area contributed by atoms with Gasteiger partial charge in [-0.2, -0.15) is 0 Å². The molecule has 19 heavy (non-hydrogen) atoms. The van der Waals surface area contributed by atoms with Gasteiger partial charge >= 0.3 is 7.12 Å². The second-order valence-corrected chi connectivity index (χ2v) is 4.27. The molecule has 0 amide bonds. The van der Waals surface area contributed by atoms with E-state index in [4.69, 9.17) is 14.8 Å². The van der Waals surface area contributed by atoms with Crippen LogP contribution in [0.1, 0.15) is 12.0 Å². The van der Waals surface area contributed by atoms with Crippen molar-refractivity contribution < 1.29 is 14.8 Å². The summed E-state index contributed by atoms with van der Waals surface area (Å²) in [5, 5.41) is 18.1. The van der Waals surface area contributed by atoms with Crippen LogP contribution in [0.25, 0.3) is 0 Å². The number of benzene rings is 1. The number of nitrogens with zero attached hydrogens (tertiary/aromatic N) is 1. The monoisotopic (exact) mass is 257 g/mol. The maximum absolute atomic E-state index is 9.03. The van der Waals surface area contributed by atoms with E-state index in [-0.39, 0.29) is 0 Å². The average molecular weight is 257 g/mol. The lowest BCUT2D eigenvalue weighted by atomic mass is 9.82. The van der Waals surface area contributed by atoms with Crippen LogP contribution in [0.2, 0.25) is 0 Å². The van der Waals surface area contributed by atoms with Crippen molar-refractivity contribution in [2.45, 2.75) is 12.8 Å². The maximum atomic E-state index is 9.03. The van der Waals surface area contributed by atoms with Gasteiger partial charge in [0.1, 0.15) is 5.75 Å². The van der Waals surface area contributed by atoms with Gasteiger partial charge in [0.25, 0.3) is 0 Å². The Kier molecular flexibility index (Phi) is 4.95. The molecule has 1 aromatic carbocycles. The molecule has 0 aliphatic carbocycles. The molecule has 98 valence electrons. The third kappa shape index (κ3) is 4.39. The van der Waals surface area contributed by atoms with E-state index in [0.29, 0.717) is 17.8 Å². The second kappa shape index (κ2) is 6.92. The lowest BCUT2D eigenvalue weighted by Crippen LogP contribution is -2.30. The van der Waals surface area contributed by atoms with Crippen LogP contribution in [0.5, 0.6) is 5.75 Å². The Hall–Kier alpha value is -1.85. The Bertz CT molecular complexity index is 505. The Balaban J connectivity index is 1.78. The molecule has 4 nitrogen and oxygen atoms in total. The van der Waals surface area contributed by atoms with Gasteiger partial charge in [-0.25, -0.2) is 0 Å². The molecular weight excluding hydrogens is 241 g/mol. The van der Waals surface area contributed by atoms with Gasteiger partial charge in [-0.3, -0.25) is 4.98 Å². The van der Waals surface area contributed by atoms with Gasteiger partial charge < -0.3 is 14.8 Å². The summed E-state index contributed by atoms with van der Waals surface area (Å²) in [5.41, 5.74) is 1.62. The third-order valence-corrected chi connectivity index (χ3v) is 2.75. The van der Waals surface area contributed by atoms with Crippen molar-refractivity contribution in [1.82, 2.24) is 4.98 Å². The highest BCUT2D eigenvalue weighted by Crippen LogP contribution is 2.07. The number of rotatable bonds is 6. The summed E-state index contributed by atoms with van der Waals surface area (Å²) in [6, 6.07) is 11.8. The Morgan fingerprint density at radius 1 is 1.11 bits per heavy atom. The van der Waals surface area contributed by atoms with Gasteiger partial charge in [-0.15, -0.1) is 0 Å². The minimum atomic E-state index is -1.51. The van der Waals surface area contributed by atoms with Crippen molar-refractivity contribution in [2.24, 2.45) is 0 Å². The van der Waals surface area contributed by atoms with E-state index in [1.165, 1.54) is 11.8 Å². The van der Waals surface area contributed by atoms with E-state index < -0.39 is 7.12 Å². The topological polar surface area (TPSA) is 62.6 Å². The molecule has 0 radical (unpaired) electrons. The first-order valence-corrected chi connectivity index (χ1v) is 6.23. The third-order valence-electron chi connectivity index (χ3n) is 2.75. The molecule has 5 heteroatoms. The second-order valence-electron chi connectivity index (χ2n) is 4.27. The highest BCUT2D eigenvalue weighted by Gasteiger charge is 2.11. The molecule has 2 rings (SSSR count). The molecule has 2 aromatic rings. The van der Waals surface area contributed by atoms with E-state index >= 15 is 0 Å². The molecule has 0 fully saturated rings. The standard InChI is InChI=1S/C14H16BNO3/c17-15(18)13-9-14(11-16-10-13)19-8-4-7-12-5-2-1-3-6-12/h1-3,5-6,9-11,17-18H,4,7-8H2. The molecule has 1 aromatic heterocycles. The van der Waals surface area contributed by atoms with Gasteiger partial charge in [0.15, 0.2) is 0 Å². The fourth-order valence-corrected chi connectivity index (χ4v) is 1.77. The number of aromatic nitrogens is 1.